The number of carbonyl (C=O) groups is 1. The van der Waals surface area contributed by atoms with E-state index in [1.165, 1.54) is 0 Å². The van der Waals surface area contributed by atoms with Gasteiger partial charge in [0.05, 0.1) is 0 Å². The van der Waals surface area contributed by atoms with Crippen molar-refractivity contribution in [2.75, 3.05) is 0 Å². The molecule has 1 rings (SSSR count). The Morgan fingerprint density at radius 2 is 2.06 bits per heavy atom. The number of aliphatic hydroxyl groups is 1. The predicted octanol–water partition coefficient (Wildman–Crippen LogP) is 1.84. The molecule has 0 spiro atoms. The Morgan fingerprint density at radius 3 is 2.39 bits per heavy atom. The number of hydrogen-bond donors (Lipinski definition) is 3. The molecule has 0 aromatic carbocycles. The number of allylic oxidation sites excluding steroid dienone is 2. The van der Waals surface area contributed by atoms with Gasteiger partial charge in [-0.1, -0.05) is 32.9 Å². The maximum absolute atomic E-state index is 10.7. The van der Waals surface area contributed by atoms with Gasteiger partial charge in [-0.05, 0) is 30.8 Å². The van der Waals surface area contributed by atoms with Gasteiger partial charge in [0.2, 0.25) is 0 Å². The van der Waals surface area contributed by atoms with Gasteiger partial charge in [0.25, 0.3) is 0 Å². The third kappa shape index (κ3) is 3.00. The summed E-state index contributed by atoms with van der Waals surface area (Å²) in [7, 11) is 0. The van der Waals surface area contributed by atoms with Crippen LogP contribution in [-0.2, 0) is 4.79 Å². The van der Waals surface area contributed by atoms with Crippen molar-refractivity contribution in [2.24, 2.45) is 11.7 Å². The summed E-state index contributed by atoms with van der Waals surface area (Å²) in [5, 5.41) is 19.4. The minimum atomic E-state index is -1.07. The van der Waals surface area contributed by atoms with Crippen molar-refractivity contribution in [3.63, 3.8) is 0 Å². The largest absolute Gasteiger partial charge is 0.478 e. The van der Waals surface area contributed by atoms with E-state index in [-0.39, 0.29) is 5.92 Å². The van der Waals surface area contributed by atoms with Crippen molar-refractivity contribution < 1.29 is 15.0 Å². The first-order chi connectivity index (χ1) is 8.25. The van der Waals surface area contributed by atoms with Crippen LogP contribution in [0.25, 0.3) is 0 Å². The van der Waals surface area contributed by atoms with E-state index in [0.717, 1.165) is 18.9 Å². The fourth-order valence-corrected chi connectivity index (χ4v) is 2.13. The number of carboxylic acids is 1. The highest BCUT2D eigenvalue weighted by Crippen LogP contribution is 2.46. The average Bonchev–Trinajstić information content (AvgIpc) is 3.02. The van der Waals surface area contributed by atoms with Crippen molar-refractivity contribution in [3.8, 4) is 0 Å². The van der Waals surface area contributed by atoms with Crippen molar-refractivity contribution in [3.05, 3.63) is 23.8 Å². The third-order valence-corrected chi connectivity index (χ3v) is 3.74. The molecule has 0 aromatic rings. The van der Waals surface area contributed by atoms with Crippen molar-refractivity contribution in [2.45, 2.75) is 51.2 Å². The smallest absolute Gasteiger partial charge is 0.328 e. The van der Waals surface area contributed by atoms with Crippen LogP contribution < -0.4 is 5.73 Å². The van der Waals surface area contributed by atoms with Gasteiger partial charge in [-0.25, -0.2) is 4.79 Å². The van der Waals surface area contributed by atoms with Gasteiger partial charge in [-0.2, -0.15) is 0 Å². The Morgan fingerprint density at radius 1 is 1.50 bits per heavy atom. The van der Waals surface area contributed by atoms with Gasteiger partial charge in [0.15, 0.2) is 0 Å². The van der Waals surface area contributed by atoms with E-state index in [0.29, 0.717) is 12.0 Å². The summed E-state index contributed by atoms with van der Waals surface area (Å²) in [5.74, 6) is -0.984. The van der Waals surface area contributed by atoms with Crippen molar-refractivity contribution in [1.82, 2.24) is 0 Å². The molecule has 0 heterocycles. The molecule has 1 saturated carbocycles. The Labute approximate surface area is 108 Å². The Kier molecular flexibility index (Phi) is 4.35. The van der Waals surface area contributed by atoms with Crippen molar-refractivity contribution in [1.29, 1.82) is 0 Å². The Bertz CT molecular complexity index is 381. The molecule has 0 aliphatic heterocycles. The first kappa shape index (κ1) is 14.9. The molecule has 4 N–H and O–H groups in total. The zero-order valence-electron chi connectivity index (χ0n) is 11.3. The fourth-order valence-electron chi connectivity index (χ4n) is 2.13. The standard InChI is InChI=1S/C14H23NO3/c1-4-11(9-12(16)17)5-6-14(18,10(2)3)13(15)7-8-13/h5-6,9-10,18H,4,7-8,15H2,1-3H3,(H,16,17)/b6-5+,11-9-. The topological polar surface area (TPSA) is 83.5 Å². The molecular formula is C14H23NO3. The number of carboxylic acid groups (broad SMARTS) is 1. The molecular weight excluding hydrogens is 230 g/mol. The van der Waals surface area contributed by atoms with E-state index >= 15 is 0 Å². The normalized spacial score (nSPS) is 22.2. The highest BCUT2D eigenvalue weighted by molar-refractivity contribution is 5.81. The van der Waals surface area contributed by atoms with Crippen LogP contribution in [0.3, 0.4) is 0 Å². The summed E-state index contributed by atoms with van der Waals surface area (Å²) in [6.45, 7) is 5.72. The summed E-state index contributed by atoms with van der Waals surface area (Å²) >= 11 is 0. The van der Waals surface area contributed by atoms with Gasteiger partial charge in [-0.3, -0.25) is 0 Å². The van der Waals surface area contributed by atoms with E-state index < -0.39 is 17.1 Å². The highest BCUT2D eigenvalue weighted by Gasteiger charge is 2.56. The summed E-state index contributed by atoms with van der Waals surface area (Å²) in [6.07, 6.45) is 6.72. The third-order valence-electron chi connectivity index (χ3n) is 3.74. The number of nitrogens with two attached hydrogens (primary N) is 1. The highest BCUT2D eigenvalue weighted by atomic mass is 16.4. The van der Waals surface area contributed by atoms with Crippen LogP contribution in [0.5, 0.6) is 0 Å². The van der Waals surface area contributed by atoms with Crippen LogP contribution >= 0.6 is 0 Å². The van der Waals surface area contributed by atoms with E-state index in [2.05, 4.69) is 0 Å². The molecule has 1 atom stereocenters. The average molecular weight is 253 g/mol. The molecule has 0 bridgehead atoms. The molecule has 0 saturated heterocycles. The monoisotopic (exact) mass is 253 g/mol. The van der Waals surface area contributed by atoms with E-state index in [1.54, 1.807) is 12.2 Å². The molecule has 0 radical (unpaired) electrons. The number of hydrogen-bond acceptors (Lipinski definition) is 3. The molecule has 0 aromatic heterocycles. The van der Waals surface area contributed by atoms with Crippen molar-refractivity contribution >= 4 is 5.97 Å². The zero-order valence-corrected chi connectivity index (χ0v) is 11.3. The van der Waals surface area contributed by atoms with E-state index in [9.17, 15) is 9.90 Å². The molecule has 1 aliphatic carbocycles. The van der Waals surface area contributed by atoms with Gasteiger partial charge in [0.1, 0.15) is 5.60 Å². The summed E-state index contributed by atoms with van der Waals surface area (Å²) in [4.78, 5) is 10.6. The van der Waals surface area contributed by atoms with E-state index in [1.807, 2.05) is 20.8 Å². The second kappa shape index (κ2) is 5.24. The second-order valence-electron chi connectivity index (χ2n) is 5.38. The van der Waals surface area contributed by atoms with Crippen LogP contribution in [0, 0.1) is 5.92 Å². The molecule has 4 heteroatoms. The molecule has 18 heavy (non-hydrogen) atoms. The molecule has 102 valence electrons. The lowest BCUT2D eigenvalue weighted by Gasteiger charge is -2.35. The quantitative estimate of drug-likeness (QED) is 0.498. The molecule has 4 nitrogen and oxygen atoms in total. The minimum Gasteiger partial charge on any atom is -0.478 e. The molecule has 1 aliphatic rings. The maximum atomic E-state index is 10.7. The van der Waals surface area contributed by atoms with Crippen LogP contribution in [0.4, 0.5) is 0 Å². The fraction of sp³-hybridized carbons (Fsp3) is 0.643. The minimum absolute atomic E-state index is 0.0100. The number of rotatable bonds is 6. The van der Waals surface area contributed by atoms with Gasteiger partial charge >= 0.3 is 5.97 Å². The summed E-state index contributed by atoms with van der Waals surface area (Å²) in [6, 6.07) is 0. The lowest BCUT2D eigenvalue weighted by atomic mass is 9.80. The van der Waals surface area contributed by atoms with Gasteiger partial charge in [-0.15, -0.1) is 0 Å². The summed E-state index contributed by atoms with van der Waals surface area (Å²) < 4.78 is 0. The van der Waals surface area contributed by atoms with Crippen LogP contribution in [0.15, 0.2) is 23.8 Å². The first-order valence-electron chi connectivity index (χ1n) is 6.39. The van der Waals surface area contributed by atoms with Crippen LogP contribution in [0.1, 0.15) is 40.0 Å². The molecule has 1 fully saturated rings. The van der Waals surface area contributed by atoms with Crippen LogP contribution in [0.2, 0.25) is 0 Å². The SMILES string of the molecule is CCC(=C/C(=O)O)/C=C/C(O)(C(C)C)C1(N)CC1. The Balaban J connectivity index is 2.94. The molecule has 1 unspecified atom stereocenters. The lowest BCUT2D eigenvalue weighted by Crippen LogP contribution is -2.52. The van der Waals surface area contributed by atoms with Gasteiger partial charge < -0.3 is 15.9 Å². The van der Waals surface area contributed by atoms with Gasteiger partial charge in [0, 0.05) is 11.6 Å². The second-order valence-corrected chi connectivity index (χ2v) is 5.38. The number of aliphatic carboxylic acids is 1. The predicted molar refractivity (Wildman–Crippen MR) is 71.1 cm³/mol. The zero-order chi connectivity index (χ0) is 14.0. The van der Waals surface area contributed by atoms with E-state index in [4.69, 9.17) is 10.8 Å². The summed E-state index contributed by atoms with van der Waals surface area (Å²) in [5.41, 5.74) is 5.16. The Hall–Kier alpha value is -1.13. The first-order valence-corrected chi connectivity index (χ1v) is 6.39. The molecule has 0 amide bonds. The van der Waals surface area contributed by atoms with Crippen LogP contribution in [-0.4, -0.2) is 27.3 Å². The lowest BCUT2D eigenvalue weighted by molar-refractivity contribution is -0.131. The maximum Gasteiger partial charge on any atom is 0.328 e.